The van der Waals surface area contributed by atoms with Gasteiger partial charge in [-0.05, 0) is 41.9 Å². The molecule has 3 amide bonds. The zero-order chi connectivity index (χ0) is 18.1. The van der Waals surface area contributed by atoms with Gasteiger partial charge in [0, 0.05) is 38.5 Å². The highest BCUT2D eigenvalue weighted by Gasteiger charge is 2.49. The molecule has 1 aliphatic carbocycles. The molecule has 0 unspecified atom stereocenters. The lowest BCUT2D eigenvalue weighted by Crippen LogP contribution is -2.59. The first kappa shape index (κ1) is 15.7. The van der Waals surface area contributed by atoms with Gasteiger partial charge in [-0.1, -0.05) is 0 Å². The molecule has 5 rings (SSSR count). The van der Waals surface area contributed by atoms with Crippen molar-refractivity contribution in [2.45, 2.75) is 25.2 Å². The largest absolute Gasteiger partial charge is 0.329 e. The maximum absolute atomic E-state index is 14.9. The molecule has 0 bridgehead atoms. The van der Waals surface area contributed by atoms with Gasteiger partial charge < -0.3 is 5.32 Å². The quantitative estimate of drug-likeness (QED) is 0.856. The molecule has 26 heavy (non-hydrogen) atoms. The highest BCUT2D eigenvalue weighted by molar-refractivity contribution is 6.08. The first-order valence-corrected chi connectivity index (χ1v) is 8.94. The van der Waals surface area contributed by atoms with E-state index in [2.05, 4.69) is 15.7 Å². The Bertz CT molecular complexity index is 941. The number of imide groups is 1. The molecule has 3 heterocycles. The fourth-order valence-electron chi connectivity index (χ4n) is 4.53. The van der Waals surface area contributed by atoms with Gasteiger partial charge in [-0.25, -0.2) is 9.18 Å². The molecule has 1 aromatic heterocycles. The van der Waals surface area contributed by atoms with Crippen LogP contribution in [-0.2, 0) is 11.8 Å². The van der Waals surface area contributed by atoms with Gasteiger partial charge in [-0.2, -0.15) is 5.10 Å². The van der Waals surface area contributed by atoms with Crippen LogP contribution in [0.4, 0.5) is 15.0 Å². The third kappa shape index (κ3) is 2.18. The second kappa shape index (κ2) is 5.26. The summed E-state index contributed by atoms with van der Waals surface area (Å²) in [7, 11) is 1.79. The molecule has 1 spiro atoms. The van der Waals surface area contributed by atoms with Crippen LogP contribution in [0.25, 0.3) is 10.9 Å². The van der Waals surface area contributed by atoms with E-state index in [1.165, 1.54) is 11.0 Å². The van der Waals surface area contributed by atoms with Crippen molar-refractivity contribution in [3.05, 3.63) is 23.5 Å². The molecule has 0 radical (unpaired) electrons. The predicted molar refractivity (Wildman–Crippen MR) is 93.5 cm³/mol. The summed E-state index contributed by atoms with van der Waals surface area (Å²) in [5, 5.41) is 10.6. The Morgan fingerprint density at radius 3 is 2.69 bits per heavy atom. The highest BCUT2D eigenvalue weighted by atomic mass is 19.1. The van der Waals surface area contributed by atoms with Crippen LogP contribution in [0, 0.1) is 11.2 Å². The molecule has 8 heteroatoms. The molecule has 7 nitrogen and oxygen atoms in total. The number of anilines is 1. The zero-order valence-electron chi connectivity index (χ0n) is 14.5. The third-order valence-electron chi connectivity index (χ3n) is 6.06. The lowest BCUT2D eigenvalue weighted by atomic mass is 9.57. The van der Waals surface area contributed by atoms with E-state index in [0.717, 1.165) is 37.0 Å². The SMILES string of the molecule is Cn1nc(N2CCC(=O)NC2=O)c2cc(F)c(C3CC4(CNC4)C3)cc21. The number of aryl methyl sites for hydroxylation is 1. The number of carbonyl (C=O) groups is 2. The van der Waals surface area contributed by atoms with E-state index < -0.39 is 6.03 Å². The van der Waals surface area contributed by atoms with Crippen LogP contribution in [0.3, 0.4) is 0 Å². The number of urea groups is 1. The molecular weight excluding hydrogens is 337 g/mol. The Morgan fingerprint density at radius 1 is 1.27 bits per heavy atom. The molecule has 3 fully saturated rings. The van der Waals surface area contributed by atoms with E-state index in [4.69, 9.17) is 0 Å². The molecule has 136 valence electrons. The molecule has 2 N–H and O–H groups in total. The van der Waals surface area contributed by atoms with Crippen molar-refractivity contribution in [1.82, 2.24) is 20.4 Å². The molecular formula is C18H20FN5O2. The Hall–Kier alpha value is -2.48. The Balaban J connectivity index is 1.51. The molecule has 2 aromatic rings. The summed E-state index contributed by atoms with van der Waals surface area (Å²) in [6.45, 7) is 2.32. The number of halogens is 1. The Labute approximate surface area is 149 Å². The van der Waals surface area contributed by atoms with Crippen molar-refractivity contribution in [3.8, 4) is 0 Å². The number of aromatic nitrogens is 2. The van der Waals surface area contributed by atoms with Crippen LogP contribution in [0.15, 0.2) is 12.1 Å². The topological polar surface area (TPSA) is 79.3 Å². The van der Waals surface area contributed by atoms with Gasteiger partial charge in [-0.15, -0.1) is 0 Å². The van der Waals surface area contributed by atoms with E-state index in [1.54, 1.807) is 11.7 Å². The average Bonchev–Trinajstić information content (AvgIpc) is 2.81. The fraction of sp³-hybridized carbons (Fsp3) is 0.500. The lowest BCUT2D eigenvalue weighted by molar-refractivity contribution is -0.120. The maximum Gasteiger partial charge on any atom is 0.329 e. The first-order chi connectivity index (χ1) is 12.5. The molecule has 0 atom stereocenters. The van der Waals surface area contributed by atoms with Crippen LogP contribution >= 0.6 is 0 Å². The average molecular weight is 357 g/mol. The summed E-state index contributed by atoms with van der Waals surface area (Å²) in [5.41, 5.74) is 1.92. The predicted octanol–water partition coefficient (Wildman–Crippen LogP) is 1.63. The summed E-state index contributed by atoms with van der Waals surface area (Å²) in [6.07, 6.45) is 2.25. The molecule has 3 aliphatic rings. The summed E-state index contributed by atoms with van der Waals surface area (Å²) in [5.74, 6) is 0.0960. The highest BCUT2D eigenvalue weighted by Crippen LogP contribution is 2.54. The molecule has 2 aliphatic heterocycles. The fourth-order valence-corrected chi connectivity index (χ4v) is 4.53. The standard InChI is InChI=1S/C18H20FN5O2/c1-23-14-5-11(10-6-18(7-10)8-20-9-18)13(19)4-12(14)16(22-23)24-3-2-15(25)21-17(24)26/h4-5,10,20H,2-3,6-9H2,1H3,(H,21,25,26). The first-order valence-electron chi connectivity index (χ1n) is 8.94. The van der Waals surface area contributed by atoms with E-state index >= 15 is 0 Å². The van der Waals surface area contributed by atoms with Crippen molar-refractivity contribution in [1.29, 1.82) is 0 Å². The number of amides is 3. The smallest absolute Gasteiger partial charge is 0.316 e. The van der Waals surface area contributed by atoms with Crippen molar-refractivity contribution in [2.75, 3.05) is 24.5 Å². The summed E-state index contributed by atoms with van der Waals surface area (Å²) in [6, 6.07) is 2.85. The van der Waals surface area contributed by atoms with Crippen LogP contribution in [0.1, 0.15) is 30.7 Å². The van der Waals surface area contributed by atoms with Crippen molar-refractivity contribution >= 4 is 28.7 Å². The number of nitrogens with zero attached hydrogens (tertiary/aromatic N) is 3. The number of rotatable bonds is 2. The summed E-state index contributed by atoms with van der Waals surface area (Å²) in [4.78, 5) is 24.9. The van der Waals surface area contributed by atoms with Crippen molar-refractivity contribution in [2.24, 2.45) is 12.5 Å². The minimum atomic E-state index is -0.510. The van der Waals surface area contributed by atoms with Crippen molar-refractivity contribution in [3.63, 3.8) is 0 Å². The van der Waals surface area contributed by atoms with Gasteiger partial charge in [0.25, 0.3) is 0 Å². The summed E-state index contributed by atoms with van der Waals surface area (Å²) >= 11 is 0. The Morgan fingerprint density at radius 2 is 2.04 bits per heavy atom. The molecule has 1 aromatic carbocycles. The van der Waals surface area contributed by atoms with Crippen LogP contribution in [0.2, 0.25) is 0 Å². The number of carbonyl (C=O) groups excluding carboxylic acids is 2. The normalized spacial score (nSPS) is 22.5. The lowest BCUT2D eigenvalue weighted by Gasteiger charge is -2.54. The van der Waals surface area contributed by atoms with E-state index in [0.29, 0.717) is 16.6 Å². The number of nitrogens with one attached hydrogen (secondary N) is 2. The van der Waals surface area contributed by atoms with Gasteiger partial charge in [0.1, 0.15) is 5.82 Å². The van der Waals surface area contributed by atoms with E-state index in [-0.39, 0.29) is 30.6 Å². The van der Waals surface area contributed by atoms with E-state index in [9.17, 15) is 14.0 Å². The van der Waals surface area contributed by atoms with Gasteiger partial charge >= 0.3 is 6.03 Å². The number of fused-ring (bicyclic) bond motifs is 1. The minimum Gasteiger partial charge on any atom is -0.316 e. The van der Waals surface area contributed by atoms with Gasteiger partial charge in [-0.3, -0.25) is 19.7 Å². The van der Waals surface area contributed by atoms with Gasteiger partial charge in [0.2, 0.25) is 5.91 Å². The maximum atomic E-state index is 14.9. The second-order valence-corrected chi connectivity index (χ2v) is 7.80. The second-order valence-electron chi connectivity index (χ2n) is 7.80. The Kier molecular flexibility index (Phi) is 3.19. The van der Waals surface area contributed by atoms with E-state index in [1.807, 2.05) is 6.07 Å². The zero-order valence-corrected chi connectivity index (χ0v) is 14.5. The number of hydrogen-bond donors (Lipinski definition) is 2. The third-order valence-corrected chi connectivity index (χ3v) is 6.06. The van der Waals surface area contributed by atoms with Crippen molar-refractivity contribution < 1.29 is 14.0 Å². The monoisotopic (exact) mass is 357 g/mol. The van der Waals surface area contributed by atoms with Gasteiger partial charge in [0.05, 0.1) is 5.52 Å². The van der Waals surface area contributed by atoms with Crippen LogP contribution in [-0.4, -0.2) is 41.4 Å². The van der Waals surface area contributed by atoms with Crippen LogP contribution < -0.4 is 15.5 Å². The van der Waals surface area contributed by atoms with Gasteiger partial charge in [0.15, 0.2) is 5.82 Å². The summed E-state index contributed by atoms with van der Waals surface area (Å²) < 4.78 is 16.5. The molecule has 2 saturated heterocycles. The number of benzene rings is 1. The molecule has 1 saturated carbocycles. The number of hydrogen-bond acceptors (Lipinski definition) is 4. The minimum absolute atomic E-state index is 0.211. The van der Waals surface area contributed by atoms with Crippen LogP contribution in [0.5, 0.6) is 0 Å².